The average molecular weight is 236 g/mol. The van der Waals surface area contributed by atoms with Crippen LogP contribution in [0.2, 0.25) is 0 Å². The highest BCUT2D eigenvalue weighted by Gasteiger charge is 2.11. The van der Waals surface area contributed by atoms with E-state index in [4.69, 9.17) is 4.52 Å². The van der Waals surface area contributed by atoms with E-state index in [0.717, 1.165) is 11.1 Å². The van der Waals surface area contributed by atoms with Crippen molar-refractivity contribution in [3.05, 3.63) is 22.2 Å². The van der Waals surface area contributed by atoms with Crippen molar-refractivity contribution in [1.82, 2.24) is 10.1 Å². The van der Waals surface area contributed by atoms with Gasteiger partial charge in [-0.1, -0.05) is 5.16 Å². The Morgan fingerprint density at radius 2 is 2.31 bits per heavy atom. The van der Waals surface area contributed by atoms with Crippen molar-refractivity contribution in [1.29, 1.82) is 0 Å². The molecular weight excluding hydrogens is 224 g/mol. The molecule has 0 saturated heterocycles. The van der Waals surface area contributed by atoms with E-state index in [-0.39, 0.29) is 5.78 Å². The number of ketones is 1. The van der Waals surface area contributed by atoms with Crippen molar-refractivity contribution in [3.63, 3.8) is 0 Å². The van der Waals surface area contributed by atoms with Gasteiger partial charge in [-0.2, -0.15) is 16.3 Å². The topological polar surface area (TPSA) is 56.0 Å². The van der Waals surface area contributed by atoms with Crippen LogP contribution in [0.15, 0.2) is 15.3 Å². The standard InChI is InChI=1S/C11H12N2O2S/c1-7-5-16-6-9(7)11-12-10(15-13-11)4-3-8(2)14/h5-6H,3-4H2,1-2H3. The fraction of sp³-hybridized carbons (Fsp3) is 0.364. The second kappa shape index (κ2) is 4.57. The van der Waals surface area contributed by atoms with Gasteiger partial charge in [-0.05, 0) is 24.8 Å². The first-order chi connectivity index (χ1) is 7.66. The van der Waals surface area contributed by atoms with Crippen molar-refractivity contribution in [2.24, 2.45) is 0 Å². The molecule has 0 amide bonds. The number of carbonyl (C=O) groups is 1. The molecule has 0 atom stereocenters. The summed E-state index contributed by atoms with van der Waals surface area (Å²) >= 11 is 1.61. The maximum atomic E-state index is 10.8. The molecule has 2 heterocycles. The van der Waals surface area contributed by atoms with Gasteiger partial charge in [0.25, 0.3) is 0 Å². The maximum Gasteiger partial charge on any atom is 0.227 e. The van der Waals surface area contributed by atoms with Gasteiger partial charge in [0.05, 0.1) is 0 Å². The maximum absolute atomic E-state index is 10.8. The Labute approximate surface area is 97.3 Å². The highest BCUT2D eigenvalue weighted by atomic mass is 32.1. The molecule has 2 rings (SSSR count). The monoisotopic (exact) mass is 236 g/mol. The van der Waals surface area contributed by atoms with Crippen LogP contribution >= 0.6 is 11.3 Å². The summed E-state index contributed by atoms with van der Waals surface area (Å²) in [6.07, 6.45) is 0.968. The van der Waals surface area contributed by atoms with Crippen LogP contribution in [-0.4, -0.2) is 15.9 Å². The van der Waals surface area contributed by atoms with Crippen LogP contribution in [0.1, 0.15) is 24.8 Å². The molecule has 0 spiro atoms. The van der Waals surface area contributed by atoms with E-state index in [1.807, 2.05) is 17.7 Å². The summed E-state index contributed by atoms with van der Waals surface area (Å²) in [4.78, 5) is 15.1. The van der Waals surface area contributed by atoms with Crippen molar-refractivity contribution in [2.75, 3.05) is 0 Å². The van der Waals surface area contributed by atoms with Crippen molar-refractivity contribution in [3.8, 4) is 11.4 Å². The third-order valence-electron chi connectivity index (χ3n) is 2.26. The van der Waals surface area contributed by atoms with E-state index in [1.54, 1.807) is 18.3 Å². The van der Waals surface area contributed by atoms with Crippen LogP contribution in [0.4, 0.5) is 0 Å². The predicted octanol–water partition coefficient (Wildman–Crippen LogP) is 2.63. The minimum Gasteiger partial charge on any atom is -0.339 e. The van der Waals surface area contributed by atoms with Gasteiger partial charge in [0.15, 0.2) is 0 Å². The molecule has 5 heteroatoms. The van der Waals surface area contributed by atoms with Crippen molar-refractivity contribution < 1.29 is 9.32 Å². The molecule has 0 unspecified atom stereocenters. The molecule has 0 aliphatic rings. The lowest BCUT2D eigenvalue weighted by Crippen LogP contribution is -1.94. The summed E-state index contributed by atoms with van der Waals surface area (Å²) in [5.74, 6) is 1.26. The Balaban J connectivity index is 2.14. The Morgan fingerprint density at radius 1 is 1.50 bits per heavy atom. The molecule has 16 heavy (non-hydrogen) atoms. The quantitative estimate of drug-likeness (QED) is 0.818. The number of hydrogen-bond acceptors (Lipinski definition) is 5. The van der Waals surface area contributed by atoms with Gasteiger partial charge in [-0.3, -0.25) is 0 Å². The Kier molecular flexibility index (Phi) is 3.14. The molecular formula is C11H12N2O2S. The number of nitrogens with zero attached hydrogens (tertiary/aromatic N) is 2. The smallest absolute Gasteiger partial charge is 0.227 e. The number of Topliss-reactive ketones (excluding diaryl/α,β-unsaturated/α-hetero) is 1. The lowest BCUT2D eigenvalue weighted by molar-refractivity contribution is -0.117. The van der Waals surface area contributed by atoms with Gasteiger partial charge in [-0.15, -0.1) is 0 Å². The second-order valence-corrected chi connectivity index (χ2v) is 4.43. The molecule has 0 aliphatic carbocycles. The number of aromatic nitrogens is 2. The highest BCUT2D eigenvalue weighted by molar-refractivity contribution is 7.08. The summed E-state index contributed by atoms with van der Waals surface area (Å²) in [6, 6.07) is 0. The van der Waals surface area contributed by atoms with Gasteiger partial charge in [0, 0.05) is 23.8 Å². The zero-order valence-electron chi connectivity index (χ0n) is 9.19. The number of hydrogen-bond donors (Lipinski definition) is 0. The summed E-state index contributed by atoms with van der Waals surface area (Å²) in [5, 5.41) is 7.94. The minimum absolute atomic E-state index is 0.131. The van der Waals surface area contributed by atoms with Crippen molar-refractivity contribution in [2.45, 2.75) is 26.7 Å². The first-order valence-corrected chi connectivity index (χ1v) is 5.96. The van der Waals surface area contributed by atoms with Crippen LogP contribution in [-0.2, 0) is 11.2 Å². The molecule has 84 valence electrons. The number of carbonyl (C=O) groups excluding carboxylic acids is 1. The van der Waals surface area contributed by atoms with E-state index < -0.39 is 0 Å². The van der Waals surface area contributed by atoms with Gasteiger partial charge in [-0.25, -0.2) is 0 Å². The van der Waals surface area contributed by atoms with Gasteiger partial charge >= 0.3 is 0 Å². The van der Waals surface area contributed by atoms with E-state index >= 15 is 0 Å². The number of thiophene rings is 1. The largest absolute Gasteiger partial charge is 0.339 e. The Bertz CT molecular complexity index is 502. The number of rotatable bonds is 4. The summed E-state index contributed by atoms with van der Waals surface area (Å²) in [5.41, 5.74) is 2.15. The minimum atomic E-state index is 0.131. The van der Waals surface area contributed by atoms with E-state index in [0.29, 0.717) is 24.6 Å². The van der Waals surface area contributed by atoms with E-state index in [9.17, 15) is 4.79 Å². The van der Waals surface area contributed by atoms with Gasteiger partial charge in [0.1, 0.15) is 5.78 Å². The molecule has 2 aromatic rings. The van der Waals surface area contributed by atoms with Crippen LogP contribution in [0.5, 0.6) is 0 Å². The third-order valence-corrected chi connectivity index (χ3v) is 3.12. The van der Waals surface area contributed by atoms with E-state index in [2.05, 4.69) is 10.1 Å². The van der Waals surface area contributed by atoms with Crippen LogP contribution in [0, 0.1) is 6.92 Å². The highest BCUT2D eigenvalue weighted by Crippen LogP contribution is 2.24. The Morgan fingerprint density at radius 3 is 2.94 bits per heavy atom. The first kappa shape index (κ1) is 11.0. The molecule has 0 N–H and O–H groups in total. The molecule has 0 aliphatic heterocycles. The van der Waals surface area contributed by atoms with Crippen molar-refractivity contribution >= 4 is 17.1 Å². The molecule has 4 nitrogen and oxygen atoms in total. The molecule has 0 radical (unpaired) electrons. The predicted molar refractivity (Wildman–Crippen MR) is 61.4 cm³/mol. The van der Waals surface area contributed by atoms with Crippen LogP contribution in [0.3, 0.4) is 0 Å². The lowest BCUT2D eigenvalue weighted by atomic mass is 10.2. The summed E-state index contributed by atoms with van der Waals surface area (Å²) < 4.78 is 5.09. The average Bonchev–Trinajstić information content (AvgIpc) is 2.83. The normalized spacial score (nSPS) is 10.6. The first-order valence-electron chi connectivity index (χ1n) is 5.02. The lowest BCUT2D eigenvalue weighted by Gasteiger charge is -1.90. The third kappa shape index (κ3) is 2.36. The summed E-state index contributed by atoms with van der Waals surface area (Å²) in [7, 11) is 0. The molecule has 0 aromatic carbocycles. The fourth-order valence-electron chi connectivity index (χ4n) is 1.34. The second-order valence-electron chi connectivity index (χ2n) is 3.68. The SMILES string of the molecule is CC(=O)CCc1nc(-c2cscc2C)no1. The zero-order chi connectivity index (χ0) is 11.5. The van der Waals surface area contributed by atoms with E-state index in [1.165, 1.54) is 0 Å². The van der Waals surface area contributed by atoms with Gasteiger partial charge in [0.2, 0.25) is 11.7 Å². The van der Waals surface area contributed by atoms with Crippen LogP contribution < -0.4 is 0 Å². The van der Waals surface area contributed by atoms with Gasteiger partial charge < -0.3 is 9.32 Å². The number of aryl methyl sites for hydroxylation is 2. The Hall–Kier alpha value is -1.49. The fourth-order valence-corrected chi connectivity index (χ4v) is 2.16. The molecule has 0 bridgehead atoms. The van der Waals surface area contributed by atoms with Crippen LogP contribution in [0.25, 0.3) is 11.4 Å². The zero-order valence-corrected chi connectivity index (χ0v) is 10.0. The molecule has 0 fully saturated rings. The molecule has 0 saturated carbocycles. The molecule has 2 aromatic heterocycles. The summed E-state index contributed by atoms with van der Waals surface area (Å²) in [6.45, 7) is 3.57.